The summed E-state index contributed by atoms with van der Waals surface area (Å²) in [6, 6.07) is 0.176. The minimum absolute atomic E-state index is 0.176. The molecule has 1 fully saturated rings. The topological polar surface area (TPSA) is 46.6 Å². The first-order valence-corrected chi connectivity index (χ1v) is 7.89. The third kappa shape index (κ3) is 3.71. The Balaban J connectivity index is 2.51. The highest BCUT2D eigenvalue weighted by Crippen LogP contribution is 2.28. The van der Waals surface area contributed by atoms with Gasteiger partial charge in [0.1, 0.15) is 0 Å². The van der Waals surface area contributed by atoms with E-state index in [4.69, 9.17) is 4.74 Å². The smallest absolute Gasteiger partial charge is 0.151 e. The maximum absolute atomic E-state index is 11.6. The molecule has 0 aliphatic heterocycles. The molecule has 0 aromatic rings. The second-order valence-electron chi connectivity index (χ2n) is 4.54. The van der Waals surface area contributed by atoms with E-state index in [1.165, 1.54) is 6.26 Å². The van der Waals surface area contributed by atoms with Crippen LogP contribution in [0.4, 0.5) is 0 Å². The van der Waals surface area contributed by atoms with Crippen LogP contribution < -0.4 is 0 Å². The highest BCUT2D eigenvalue weighted by molar-refractivity contribution is 7.91. The Morgan fingerprint density at radius 3 is 2.62 bits per heavy atom. The Labute approximate surface area is 98.9 Å². The molecule has 0 bridgehead atoms. The molecule has 0 saturated heterocycles. The van der Waals surface area contributed by atoms with Crippen LogP contribution in [-0.2, 0) is 14.6 Å². The summed E-state index contributed by atoms with van der Waals surface area (Å²) in [6.07, 6.45) is 4.16. The lowest BCUT2D eigenvalue weighted by Gasteiger charge is -2.28. The van der Waals surface area contributed by atoms with Gasteiger partial charge in [-0.2, -0.15) is 0 Å². The normalized spacial score (nSPS) is 26.5. The van der Waals surface area contributed by atoms with Crippen LogP contribution in [0.3, 0.4) is 0 Å². The monoisotopic (exact) mass is 249 g/mol. The fraction of sp³-hybridized carbons (Fsp3) is 1.00. The Kier molecular flexibility index (Phi) is 5.21. The van der Waals surface area contributed by atoms with Gasteiger partial charge in [0.15, 0.2) is 9.84 Å². The zero-order valence-corrected chi connectivity index (χ0v) is 11.3. The van der Waals surface area contributed by atoms with Crippen LogP contribution in [0.5, 0.6) is 0 Å². The van der Waals surface area contributed by atoms with E-state index in [9.17, 15) is 8.42 Å². The summed E-state index contributed by atoms with van der Waals surface area (Å²) in [4.78, 5) is 2.13. The van der Waals surface area contributed by atoms with Crippen molar-refractivity contribution in [3.05, 3.63) is 0 Å². The third-order valence-electron chi connectivity index (χ3n) is 3.33. The molecule has 96 valence electrons. The molecular formula is C11H23NO3S. The lowest BCUT2D eigenvalue weighted by atomic mass is 10.2. The molecule has 1 saturated carbocycles. The molecule has 5 heteroatoms. The molecule has 1 rings (SSSR count). The van der Waals surface area contributed by atoms with Crippen molar-refractivity contribution in [1.29, 1.82) is 0 Å². The van der Waals surface area contributed by atoms with Gasteiger partial charge in [0.05, 0.1) is 11.9 Å². The van der Waals surface area contributed by atoms with E-state index in [1.54, 1.807) is 0 Å². The van der Waals surface area contributed by atoms with Gasteiger partial charge in [-0.1, -0.05) is 6.42 Å². The first kappa shape index (κ1) is 13.9. The highest BCUT2D eigenvalue weighted by Gasteiger charge is 2.36. The Morgan fingerprint density at radius 1 is 1.38 bits per heavy atom. The van der Waals surface area contributed by atoms with Gasteiger partial charge in [0, 0.05) is 25.4 Å². The van der Waals surface area contributed by atoms with Gasteiger partial charge >= 0.3 is 0 Å². The molecule has 0 aromatic heterocycles. The molecule has 0 radical (unpaired) electrons. The van der Waals surface area contributed by atoms with E-state index < -0.39 is 9.84 Å². The number of hydrogen-bond acceptors (Lipinski definition) is 4. The molecular weight excluding hydrogens is 226 g/mol. The third-order valence-corrected chi connectivity index (χ3v) is 4.98. The zero-order valence-electron chi connectivity index (χ0n) is 10.5. The van der Waals surface area contributed by atoms with Crippen molar-refractivity contribution in [3.8, 4) is 0 Å². The van der Waals surface area contributed by atoms with Crippen molar-refractivity contribution >= 4 is 9.84 Å². The average Bonchev–Trinajstić information content (AvgIpc) is 2.65. The second kappa shape index (κ2) is 5.98. The van der Waals surface area contributed by atoms with Crippen molar-refractivity contribution < 1.29 is 13.2 Å². The lowest BCUT2D eigenvalue weighted by molar-refractivity contribution is 0.108. The van der Waals surface area contributed by atoms with Gasteiger partial charge in [-0.3, -0.25) is 4.90 Å². The molecule has 1 aliphatic rings. The predicted molar refractivity (Wildman–Crippen MR) is 65.4 cm³/mol. The summed E-state index contributed by atoms with van der Waals surface area (Å²) in [7, 11) is -0.917. The summed E-state index contributed by atoms with van der Waals surface area (Å²) in [5, 5.41) is -0.181. The van der Waals surface area contributed by atoms with Crippen LogP contribution in [-0.4, -0.2) is 57.7 Å². The predicted octanol–water partition coefficient (Wildman–Crippen LogP) is 0.920. The standard InChI is InChI=1S/C11H23NO3S/c1-4-15-9-8-12(2)10-6-5-7-11(10)16(3,13)14/h10-11H,4-9H2,1-3H3/t10-,11+/m0/s1. The zero-order chi connectivity index (χ0) is 12.2. The van der Waals surface area contributed by atoms with E-state index in [2.05, 4.69) is 4.90 Å². The maximum Gasteiger partial charge on any atom is 0.151 e. The van der Waals surface area contributed by atoms with E-state index >= 15 is 0 Å². The van der Waals surface area contributed by atoms with Crippen LogP contribution >= 0.6 is 0 Å². The fourth-order valence-corrected chi connectivity index (χ4v) is 3.94. The summed E-state index contributed by atoms with van der Waals surface area (Å²) >= 11 is 0. The molecule has 0 amide bonds. The van der Waals surface area contributed by atoms with Gasteiger partial charge in [-0.25, -0.2) is 8.42 Å². The van der Waals surface area contributed by atoms with Crippen molar-refractivity contribution in [2.45, 2.75) is 37.5 Å². The molecule has 0 aromatic carbocycles. The van der Waals surface area contributed by atoms with Crippen LogP contribution in [0.1, 0.15) is 26.2 Å². The summed E-state index contributed by atoms with van der Waals surface area (Å²) in [5.74, 6) is 0. The van der Waals surface area contributed by atoms with E-state index in [-0.39, 0.29) is 11.3 Å². The first-order chi connectivity index (χ1) is 7.46. The number of sulfone groups is 1. The van der Waals surface area contributed by atoms with Crippen LogP contribution in [0.2, 0.25) is 0 Å². The lowest BCUT2D eigenvalue weighted by Crippen LogP contribution is -2.42. The molecule has 0 N–H and O–H groups in total. The SMILES string of the molecule is CCOCCN(C)[C@H]1CCC[C@H]1S(C)(=O)=O. The Hall–Kier alpha value is -0.130. The minimum atomic E-state index is -2.91. The molecule has 0 spiro atoms. The summed E-state index contributed by atoms with van der Waals surface area (Å²) in [5.41, 5.74) is 0. The number of ether oxygens (including phenoxy) is 1. The number of hydrogen-bond donors (Lipinski definition) is 0. The minimum Gasteiger partial charge on any atom is -0.380 e. The fourth-order valence-electron chi connectivity index (χ4n) is 2.43. The number of rotatable bonds is 6. The molecule has 4 nitrogen and oxygen atoms in total. The first-order valence-electron chi connectivity index (χ1n) is 5.93. The maximum atomic E-state index is 11.6. The molecule has 16 heavy (non-hydrogen) atoms. The summed E-state index contributed by atoms with van der Waals surface area (Å²) in [6.45, 7) is 4.17. The quantitative estimate of drug-likeness (QED) is 0.657. The molecule has 1 aliphatic carbocycles. The summed E-state index contributed by atoms with van der Waals surface area (Å²) < 4.78 is 28.5. The largest absolute Gasteiger partial charge is 0.380 e. The highest BCUT2D eigenvalue weighted by atomic mass is 32.2. The van der Waals surface area contributed by atoms with E-state index in [0.717, 1.165) is 25.8 Å². The Morgan fingerprint density at radius 2 is 2.06 bits per heavy atom. The Bertz CT molecular complexity index is 302. The van der Waals surface area contributed by atoms with Crippen LogP contribution in [0, 0.1) is 0 Å². The van der Waals surface area contributed by atoms with Crippen LogP contribution in [0.25, 0.3) is 0 Å². The van der Waals surface area contributed by atoms with E-state index in [0.29, 0.717) is 13.2 Å². The molecule has 0 heterocycles. The van der Waals surface area contributed by atoms with Gasteiger partial charge in [0.2, 0.25) is 0 Å². The van der Waals surface area contributed by atoms with Gasteiger partial charge in [-0.05, 0) is 26.8 Å². The van der Waals surface area contributed by atoms with Gasteiger partial charge in [-0.15, -0.1) is 0 Å². The molecule has 2 atom stereocenters. The van der Waals surface area contributed by atoms with Crippen LogP contribution in [0.15, 0.2) is 0 Å². The van der Waals surface area contributed by atoms with Crippen molar-refractivity contribution in [1.82, 2.24) is 4.90 Å². The van der Waals surface area contributed by atoms with Gasteiger partial charge < -0.3 is 4.74 Å². The number of nitrogens with zero attached hydrogens (tertiary/aromatic N) is 1. The van der Waals surface area contributed by atoms with Crippen molar-refractivity contribution in [3.63, 3.8) is 0 Å². The second-order valence-corrected chi connectivity index (χ2v) is 6.81. The van der Waals surface area contributed by atoms with Crippen molar-refractivity contribution in [2.24, 2.45) is 0 Å². The van der Waals surface area contributed by atoms with E-state index in [1.807, 2.05) is 14.0 Å². The molecule has 0 unspecified atom stereocenters. The van der Waals surface area contributed by atoms with Crippen molar-refractivity contribution in [2.75, 3.05) is 33.1 Å². The average molecular weight is 249 g/mol. The van der Waals surface area contributed by atoms with Gasteiger partial charge in [0.25, 0.3) is 0 Å². The number of likely N-dealkylation sites (N-methyl/N-ethyl adjacent to an activating group) is 1.